The lowest BCUT2D eigenvalue weighted by Crippen LogP contribution is -2.50. The van der Waals surface area contributed by atoms with Gasteiger partial charge in [-0.25, -0.2) is 0 Å². The summed E-state index contributed by atoms with van der Waals surface area (Å²) in [5.74, 6) is 1.98. The number of benzene rings is 1. The van der Waals surface area contributed by atoms with Crippen molar-refractivity contribution < 1.29 is 14.3 Å². The summed E-state index contributed by atoms with van der Waals surface area (Å²) in [5.41, 5.74) is 6.78. The van der Waals surface area contributed by atoms with E-state index in [0.717, 1.165) is 36.4 Å². The SMILES string of the molecule is CC1CCCN(C(=O)/C=C/c2ccc3c(c2)OCCO3)C1CN. The topological polar surface area (TPSA) is 64.8 Å². The molecule has 2 aliphatic heterocycles. The van der Waals surface area contributed by atoms with Crippen LogP contribution in [-0.2, 0) is 4.79 Å². The number of nitrogens with zero attached hydrogens (tertiary/aromatic N) is 1. The standard InChI is InChI=1S/C18H24N2O3/c1-13-3-2-8-20(15(13)12-19)18(21)7-5-14-4-6-16-17(11-14)23-10-9-22-16/h4-7,11,13,15H,2-3,8-10,12,19H2,1H3/b7-5+. The van der Waals surface area contributed by atoms with Gasteiger partial charge in [-0.05, 0) is 42.5 Å². The van der Waals surface area contributed by atoms with Gasteiger partial charge in [-0.2, -0.15) is 0 Å². The van der Waals surface area contributed by atoms with Gasteiger partial charge in [0.2, 0.25) is 5.91 Å². The third kappa shape index (κ3) is 3.50. The van der Waals surface area contributed by atoms with Crippen molar-refractivity contribution in [1.82, 2.24) is 4.90 Å². The minimum Gasteiger partial charge on any atom is -0.486 e. The van der Waals surface area contributed by atoms with Crippen molar-refractivity contribution in [1.29, 1.82) is 0 Å². The number of ether oxygens (including phenoxy) is 2. The van der Waals surface area contributed by atoms with Gasteiger partial charge in [0, 0.05) is 25.2 Å². The second-order valence-corrected chi connectivity index (χ2v) is 6.19. The van der Waals surface area contributed by atoms with E-state index in [1.54, 1.807) is 6.08 Å². The highest BCUT2D eigenvalue weighted by molar-refractivity contribution is 5.92. The van der Waals surface area contributed by atoms with Crippen LogP contribution in [-0.4, -0.2) is 43.2 Å². The Labute approximate surface area is 137 Å². The van der Waals surface area contributed by atoms with E-state index in [9.17, 15) is 4.79 Å². The molecule has 0 saturated carbocycles. The molecule has 0 aromatic heterocycles. The Bertz CT molecular complexity index is 600. The fourth-order valence-electron chi connectivity index (χ4n) is 3.31. The maximum absolute atomic E-state index is 12.5. The molecular formula is C18H24N2O3. The third-order valence-corrected chi connectivity index (χ3v) is 4.62. The van der Waals surface area contributed by atoms with Crippen molar-refractivity contribution in [3.63, 3.8) is 0 Å². The Morgan fingerprint density at radius 2 is 2.13 bits per heavy atom. The van der Waals surface area contributed by atoms with Crippen molar-refractivity contribution in [2.24, 2.45) is 11.7 Å². The zero-order chi connectivity index (χ0) is 16.2. The third-order valence-electron chi connectivity index (χ3n) is 4.62. The van der Waals surface area contributed by atoms with Gasteiger partial charge in [-0.3, -0.25) is 4.79 Å². The average Bonchev–Trinajstić information content (AvgIpc) is 2.59. The molecule has 3 rings (SSSR count). The van der Waals surface area contributed by atoms with Gasteiger partial charge < -0.3 is 20.1 Å². The summed E-state index contributed by atoms with van der Waals surface area (Å²) in [4.78, 5) is 14.4. The summed E-state index contributed by atoms with van der Waals surface area (Å²) in [7, 11) is 0. The number of nitrogens with two attached hydrogens (primary N) is 1. The number of hydrogen-bond donors (Lipinski definition) is 1. The summed E-state index contributed by atoms with van der Waals surface area (Å²) in [6, 6.07) is 5.85. The number of amides is 1. The fourth-order valence-corrected chi connectivity index (χ4v) is 3.31. The van der Waals surface area contributed by atoms with E-state index in [4.69, 9.17) is 15.2 Å². The first-order chi connectivity index (χ1) is 11.2. The van der Waals surface area contributed by atoms with E-state index in [1.165, 1.54) is 0 Å². The molecule has 0 radical (unpaired) electrons. The first-order valence-corrected chi connectivity index (χ1v) is 8.27. The summed E-state index contributed by atoms with van der Waals surface area (Å²) in [6.45, 7) is 4.61. The summed E-state index contributed by atoms with van der Waals surface area (Å²) in [5, 5.41) is 0. The molecule has 5 nitrogen and oxygen atoms in total. The highest BCUT2D eigenvalue weighted by atomic mass is 16.6. The molecule has 23 heavy (non-hydrogen) atoms. The van der Waals surface area contributed by atoms with Gasteiger partial charge in [0.05, 0.1) is 0 Å². The Hall–Kier alpha value is -2.01. The molecule has 1 amide bonds. The van der Waals surface area contributed by atoms with Crippen LogP contribution in [0.2, 0.25) is 0 Å². The lowest BCUT2D eigenvalue weighted by molar-refractivity contribution is -0.130. The van der Waals surface area contributed by atoms with Gasteiger partial charge in [0.15, 0.2) is 11.5 Å². The van der Waals surface area contributed by atoms with Gasteiger partial charge in [0.25, 0.3) is 0 Å². The second-order valence-electron chi connectivity index (χ2n) is 6.19. The monoisotopic (exact) mass is 316 g/mol. The second kappa shape index (κ2) is 7.04. The van der Waals surface area contributed by atoms with Gasteiger partial charge in [-0.15, -0.1) is 0 Å². The lowest BCUT2D eigenvalue weighted by atomic mass is 9.90. The number of piperidine rings is 1. The molecule has 2 heterocycles. The maximum atomic E-state index is 12.5. The summed E-state index contributed by atoms with van der Waals surface area (Å²) in [6.07, 6.45) is 5.64. The smallest absolute Gasteiger partial charge is 0.246 e. The van der Waals surface area contributed by atoms with Crippen LogP contribution in [0.4, 0.5) is 0 Å². The van der Waals surface area contributed by atoms with Crippen molar-refractivity contribution in [3.8, 4) is 11.5 Å². The minimum absolute atomic E-state index is 0.0295. The predicted molar refractivity (Wildman–Crippen MR) is 89.4 cm³/mol. The van der Waals surface area contributed by atoms with Crippen molar-refractivity contribution >= 4 is 12.0 Å². The zero-order valence-corrected chi connectivity index (χ0v) is 13.5. The first-order valence-electron chi connectivity index (χ1n) is 8.27. The van der Waals surface area contributed by atoms with Gasteiger partial charge in [-0.1, -0.05) is 13.0 Å². The zero-order valence-electron chi connectivity index (χ0n) is 13.5. The van der Waals surface area contributed by atoms with Crippen LogP contribution < -0.4 is 15.2 Å². The molecule has 0 bridgehead atoms. The van der Waals surface area contributed by atoms with Crippen LogP contribution in [0.3, 0.4) is 0 Å². The fraction of sp³-hybridized carbons (Fsp3) is 0.500. The maximum Gasteiger partial charge on any atom is 0.246 e. The Kier molecular flexibility index (Phi) is 4.86. The van der Waals surface area contributed by atoms with Crippen LogP contribution in [0.1, 0.15) is 25.3 Å². The molecule has 2 N–H and O–H groups in total. The van der Waals surface area contributed by atoms with Crippen molar-refractivity contribution in [3.05, 3.63) is 29.8 Å². The van der Waals surface area contributed by atoms with E-state index >= 15 is 0 Å². The molecule has 2 atom stereocenters. The van der Waals surface area contributed by atoms with E-state index < -0.39 is 0 Å². The average molecular weight is 316 g/mol. The molecule has 0 spiro atoms. The molecule has 124 valence electrons. The van der Waals surface area contributed by atoms with Crippen LogP contribution in [0.5, 0.6) is 11.5 Å². The predicted octanol–water partition coefficient (Wildman–Crippen LogP) is 2.06. The number of rotatable bonds is 3. The first kappa shape index (κ1) is 15.9. The van der Waals surface area contributed by atoms with E-state index in [2.05, 4.69) is 6.92 Å². The van der Waals surface area contributed by atoms with Crippen LogP contribution in [0.15, 0.2) is 24.3 Å². The van der Waals surface area contributed by atoms with Crippen LogP contribution in [0, 0.1) is 5.92 Å². The molecule has 1 saturated heterocycles. The summed E-state index contributed by atoms with van der Waals surface area (Å²) >= 11 is 0. The summed E-state index contributed by atoms with van der Waals surface area (Å²) < 4.78 is 11.1. The highest BCUT2D eigenvalue weighted by Gasteiger charge is 2.29. The molecule has 5 heteroatoms. The number of fused-ring (bicyclic) bond motifs is 1. The normalized spacial score (nSPS) is 24.0. The highest BCUT2D eigenvalue weighted by Crippen LogP contribution is 2.31. The number of likely N-dealkylation sites (tertiary alicyclic amines) is 1. The van der Waals surface area contributed by atoms with E-state index in [-0.39, 0.29) is 11.9 Å². The molecule has 1 fully saturated rings. The van der Waals surface area contributed by atoms with Crippen molar-refractivity contribution in [2.75, 3.05) is 26.3 Å². The molecule has 2 unspecified atom stereocenters. The van der Waals surface area contributed by atoms with Crippen LogP contribution in [0.25, 0.3) is 6.08 Å². The van der Waals surface area contributed by atoms with E-state index in [1.807, 2.05) is 29.2 Å². The van der Waals surface area contributed by atoms with Crippen molar-refractivity contribution in [2.45, 2.75) is 25.8 Å². The number of carbonyl (C=O) groups excluding carboxylic acids is 1. The van der Waals surface area contributed by atoms with Gasteiger partial charge >= 0.3 is 0 Å². The Morgan fingerprint density at radius 1 is 1.35 bits per heavy atom. The molecule has 1 aromatic carbocycles. The quantitative estimate of drug-likeness (QED) is 0.867. The molecule has 2 aliphatic rings. The van der Waals surface area contributed by atoms with Gasteiger partial charge in [0.1, 0.15) is 13.2 Å². The molecule has 1 aromatic rings. The Balaban J connectivity index is 1.70. The molecular weight excluding hydrogens is 292 g/mol. The van der Waals surface area contributed by atoms with E-state index in [0.29, 0.717) is 25.7 Å². The number of hydrogen-bond acceptors (Lipinski definition) is 4. The lowest BCUT2D eigenvalue weighted by Gasteiger charge is -2.38. The largest absolute Gasteiger partial charge is 0.486 e. The molecule has 0 aliphatic carbocycles. The van der Waals surface area contributed by atoms with Crippen LogP contribution >= 0.6 is 0 Å². The Morgan fingerprint density at radius 3 is 2.91 bits per heavy atom. The minimum atomic E-state index is 0.0295. The number of carbonyl (C=O) groups is 1.